The van der Waals surface area contributed by atoms with Gasteiger partial charge < -0.3 is 9.47 Å². The van der Waals surface area contributed by atoms with E-state index in [1.807, 2.05) is 0 Å². The third-order valence-electron chi connectivity index (χ3n) is 0.382. The zero-order valence-electron chi connectivity index (χ0n) is 4.26. The summed E-state index contributed by atoms with van der Waals surface area (Å²) in [5, 5.41) is 0. The summed E-state index contributed by atoms with van der Waals surface area (Å²) in [6.45, 7) is 0. The summed E-state index contributed by atoms with van der Waals surface area (Å²) in [6, 6.07) is 0. The van der Waals surface area contributed by atoms with Crippen LogP contribution in [0.25, 0.3) is 0 Å². The number of ether oxygens (including phenoxy) is 2. The predicted molar refractivity (Wildman–Crippen MR) is 23.7 cm³/mol. The van der Waals surface area contributed by atoms with Gasteiger partial charge in [-0.25, -0.2) is 9.18 Å². The highest BCUT2D eigenvalue weighted by atomic mass is 19.1. The van der Waals surface area contributed by atoms with Crippen LogP contribution >= 0.6 is 0 Å². The largest absolute Gasteiger partial charge is 0.513 e. The number of halogens is 1. The van der Waals surface area contributed by atoms with Gasteiger partial charge in [-0.05, 0) is 0 Å². The molecule has 0 aromatic rings. The van der Waals surface area contributed by atoms with Crippen molar-refractivity contribution in [2.24, 2.45) is 0 Å². The van der Waals surface area contributed by atoms with E-state index in [0.717, 1.165) is 7.11 Å². The molecule has 0 saturated carbocycles. The second-order valence-electron chi connectivity index (χ2n) is 0.834. The van der Waals surface area contributed by atoms with Crippen LogP contribution in [0.5, 0.6) is 0 Å². The third kappa shape index (κ3) is 3.14. The molecule has 0 aliphatic rings. The van der Waals surface area contributed by atoms with Crippen LogP contribution in [0.3, 0.4) is 0 Å². The van der Waals surface area contributed by atoms with E-state index in [1.54, 1.807) is 0 Å². The number of methoxy groups -OCH3 is 1. The van der Waals surface area contributed by atoms with Gasteiger partial charge in [0.25, 0.3) is 0 Å². The number of carbonyl (C=O) groups excluding carboxylic acids is 1. The number of hydrogen-bond donors (Lipinski definition) is 0. The van der Waals surface area contributed by atoms with Gasteiger partial charge in [0.15, 0.2) is 0 Å². The summed E-state index contributed by atoms with van der Waals surface area (Å²) in [5.41, 5.74) is 0. The number of carbonyl (C=O) groups is 1. The van der Waals surface area contributed by atoms with E-state index < -0.39 is 6.16 Å². The Morgan fingerprint density at radius 1 is 1.75 bits per heavy atom. The molecule has 0 atom stereocenters. The molecule has 0 rings (SSSR count). The first-order valence-electron chi connectivity index (χ1n) is 1.81. The van der Waals surface area contributed by atoms with Crippen LogP contribution < -0.4 is 0 Å². The minimum atomic E-state index is -0.932. The summed E-state index contributed by atoms with van der Waals surface area (Å²) in [5.74, 6) is 0. The fourth-order valence-corrected chi connectivity index (χ4v) is 0.129. The van der Waals surface area contributed by atoms with Crippen molar-refractivity contribution in [1.82, 2.24) is 0 Å². The van der Waals surface area contributed by atoms with Crippen molar-refractivity contribution in [3.63, 3.8) is 0 Å². The van der Waals surface area contributed by atoms with E-state index in [4.69, 9.17) is 0 Å². The molecule has 0 aliphatic carbocycles. The minimum absolute atomic E-state index is 0.0942. The van der Waals surface area contributed by atoms with Gasteiger partial charge in [-0.3, -0.25) is 0 Å². The fourth-order valence-electron chi connectivity index (χ4n) is 0.129. The highest BCUT2D eigenvalue weighted by molar-refractivity contribution is 5.60. The van der Waals surface area contributed by atoms with Gasteiger partial charge in [0.2, 0.25) is 0 Å². The molecule has 0 aromatic heterocycles. The first-order chi connectivity index (χ1) is 3.81. The molecule has 0 bridgehead atoms. The molecule has 4 heteroatoms. The average Bonchev–Trinajstić information content (AvgIpc) is 1.83. The first kappa shape index (κ1) is 6.94. The highest BCUT2D eigenvalue weighted by Gasteiger charge is 1.92. The molecule has 0 aliphatic heterocycles. The Morgan fingerprint density at radius 3 is 2.75 bits per heavy atom. The predicted octanol–water partition coefficient (Wildman–Crippen LogP) is 1.21. The quantitative estimate of drug-likeness (QED) is 0.385. The minimum Gasteiger partial charge on any atom is -0.437 e. The van der Waals surface area contributed by atoms with Crippen LogP contribution in [0, 0.1) is 0 Å². The lowest BCUT2D eigenvalue weighted by Gasteiger charge is -1.91. The van der Waals surface area contributed by atoms with E-state index in [0.29, 0.717) is 6.26 Å². The number of rotatable bonds is 1. The Labute approximate surface area is 45.7 Å². The Hall–Kier alpha value is -1.06. The maximum atomic E-state index is 11.0. The molecule has 0 fully saturated rings. The van der Waals surface area contributed by atoms with Gasteiger partial charge in [-0.15, -0.1) is 0 Å². The topological polar surface area (TPSA) is 35.5 Å². The van der Waals surface area contributed by atoms with Gasteiger partial charge in [-0.2, -0.15) is 0 Å². The Morgan fingerprint density at radius 2 is 2.38 bits per heavy atom. The van der Waals surface area contributed by atoms with E-state index in [2.05, 4.69) is 9.47 Å². The van der Waals surface area contributed by atoms with Crippen molar-refractivity contribution in [2.45, 2.75) is 0 Å². The van der Waals surface area contributed by atoms with Crippen molar-refractivity contribution in [3.8, 4) is 0 Å². The summed E-state index contributed by atoms with van der Waals surface area (Å²) in [6.07, 6.45) is -0.248. The molecule has 0 radical (unpaired) electrons. The van der Waals surface area contributed by atoms with Gasteiger partial charge >= 0.3 is 6.16 Å². The van der Waals surface area contributed by atoms with Crippen LogP contribution in [0.2, 0.25) is 0 Å². The molecule has 0 N–H and O–H groups in total. The summed E-state index contributed by atoms with van der Waals surface area (Å²) in [7, 11) is 1.13. The smallest absolute Gasteiger partial charge is 0.437 e. The Balaban J connectivity index is 3.25. The SMILES string of the molecule is COC(=O)O/C=C/F. The fraction of sp³-hybridized carbons (Fsp3) is 0.250. The molecule has 0 heterocycles. The maximum absolute atomic E-state index is 11.0. The lowest BCUT2D eigenvalue weighted by atomic mass is 11.1. The van der Waals surface area contributed by atoms with Crippen LogP contribution in [0.15, 0.2) is 12.6 Å². The average molecular weight is 120 g/mol. The molecular weight excluding hydrogens is 115 g/mol. The summed E-state index contributed by atoms with van der Waals surface area (Å²) < 4.78 is 18.9. The van der Waals surface area contributed by atoms with E-state index in [9.17, 15) is 9.18 Å². The van der Waals surface area contributed by atoms with E-state index in [1.165, 1.54) is 0 Å². The van der Waals surface area contributed by atoms with Crippen LogP contribution in [-0.2, 0) is 9.47 Å². The number of hydrogen-bond acceptors (Lipinski definition) is 3. The Bertz CT molecular complexity index is 99.5. The standard InChI is InChI=1S/C4H5FO3/c1-7-4(6)8-3-2-5/h2-3H,1H3/b3-2+. The second kappa shape index (κ2) is 4.11. The zero-order valence-corrected chi connectivity index (χ0v) is 4.26. The van der Waals surface area contributed by atoms with Crippen molar-refractivity contribution in [1.29, 1.82) is 0 Å². The van der Waals surface area contributed by atoms with Gasteiger partial charge in [0.05, 0.1) is 7.11 Å². The lowest BCUT2D eigenvalue weighted by molar-refractivity contribution is 0.105. The first-order valence-corrected chi connectivity index (χ1v) is 1.81. The molecular formula is C4H5FO3. The third-order valence-corrected chi connectivity index (χ3v) is 0.382. The van der Waals surface area contributed by atoms with Crippen LogP contribution in [0.4, 0.5) is 9.18 Å². The van der Waals surface area contributed by atoms with Gasteiger partial charge in [0.1, 0.15) is 12.6 Å². The van der Waals surface area contributed by atoms with Crippen molar-refractivity contribution >= 4 is 6.16 Å². The summed E-state index contributed by atoms with van der Waals surface area (Å²) in [4.78, 5) is 9.91. The van der Waals surface area contributed by atoms with Crippen molar-refractivity contribution in [2.75, 3.05) is 7.11 Å². The van der Waals surface area contributed by atoms with E-state index in [-0.39, 0.29) is 6.33 Å². The molecule has 8 heavy (non-hydrogen) atoms. The van der Waals surface area contributed by atoms with Gasteiger partial charge in [0, 0.05) is 0 Å². The van der Waals surface area contributed by atoms with Crippen molar-refractivity contribution in [3.05, 3.63) is 12.6 Å². The van der Waals surface area contributed by atoms with E-state index >= 15 is 0 Å². The maximum Gasteiger partial charge on any atom is 0.513 e. The van der Waals surface area contributed by atoms with Crippen LogP contribution in [-0.4, -0.2) is 13.3 Å². The Kier molecular flexibility index (Phi) is 3.56. The molecule has 46 valence electrons. The summed E-state index contributed by atoms with van der Waals surface area (Å²) >= 11 is 0. The monoisotopic (exact) mass is 120 g/mol. The van der Waals surface area contributed by atoms with Crippen molar-refractivity contribution < 1.29 is 18.7 Å². The van der Waals surface area contributed by atoms with Gasteiger partial charge in [-0.1, -0.05) is 0 Å². The highest BCUT2D eigenvalue weighted by Crippen LogP contribution is 1.82. The second-order valence-corrected chi connectivity index (χ2v) is 0.834. The molecule has 3 nitrogen and oxygen atoms in total. The normalized spacial score (nSPS) is 9.25. The lowest BCUT2D eigenvalue weighted by Crippen LogP contribution is -1.97. The molecule has 0 amide bonds. The molecule has 0 aromatic carbocycles. The molecule has 0 unspecified atom stereocenters. The molecule has 0 saturated heterocycles. The molecule has 0 spiro atoms. The zero-order chi connectivity index (χ0) is 6.41. The van der Waals surface area contributed by atoms with Crippen LogP contribution in [0.1, 0.15) is 0 Å².